The second-order valence-corrected chi connectivity index (χ2v) is 11.4. The average Bonchev–Trinajstić information content (AvgIpc) is 3.34. The highest BCUT2D eigenvalue weighted by Gasteiger charge is 2.26. The van der Waals surface area contributed by atoms with Crippen LogP contribution in [-0.2, 0) is 17.8 Å². The maximum Gasteiger partial charge on any atom is 0.251 e. The number of halogens is 3. The molecule has 1 fully saturated rings. The van der Waals surface area contributed by atoms with Crippen LogP contribution >= 0.6 is 44.3 Å². The summed E-state index contributed by atoms with van der Waals surface area (Å²) in [4.78, 5) is 27.6. The fraction of sp³-hybridized carbons (Fsp3) is 0.333. The summed E-state index contributed by atoms with van der Waals surface area (Å²) in [6.07, 6.45) is 0.893. The van der Waals surface area contributed by atoms with Gasteiger partial charge in [-0.05, 0) is 61.2 Å². The molecule has 0 aromatic heterocycles. The first-order chi connectivity index (χ1) is 18.8. The number of rotatable bonds is 12. The lowest BCUT2D eigenvalue weighted by Crippen LogP contribution is -2.48. The number of nitrogens with one attached hydrogen (secondary N) is 2. The Balaban J connectivity index is 0.00000441. The summed E-state index contributed by atoms with van der Waals surface area (Å²) in [6, 6.07) is 20.4. The van der Waals surface area contributed by atoms with E-state index in [1.54, 1.807) is 23.1 Å². The van der Waals surface area contributed by atoms with E-state index in [-0.39, 0.29) is 30.8 Å². The van der Waals surface area contributed by atoms with Crippen molar-refractivity contribution in [3.8, 4) is 5.75 Å². The third-order valence-electron chi connectivity index (χ3n) is 6.53. The first-order valence-electron chi connectivity index (χ1n) is 13.1. The molecule has 10 heteroatoms. The molecule has 0 radical (unpaired) electrons. The van der Waals surface area contributed by atoms with E-state index in [2.05, 4.69) is 42.5 Å². The first kappa shape index (κ1) is 32.1. The zero-order valence-electron chi connectivity index (χ0n) is 22.2. The number of nitrogens with zero attached hydrogens (tertiary/aromatic N) is 1. The van der Waals surface area contributed by atoms with E-state index in [1.165, 1.54) is 0 Å². The molecule has 0 unspecified atom stereocenters. The van der Waals surface area contributed by atoms with E-state index >= 15 is 0 Å². The van der Waals surface area contributed by atoms with E-state index in [0.717, 1.165) is 26.5 Å². The van der Waals surface area contributed by atoms with Gasteiger partial charge in [-0.1, -0.05) is 62.2 Å². The molecule has 0 bridgehead atoms. The van der Waals surface area contributed by atoms with Crippen molar-refractivity contribution in [2.24, 2.45) is 0 Å². The highest BCUT2D eigenvalue weighted by Crippen LogP contribution is 2.28. The Kier molecular flexibility index (Phi) is 12.5. The van der Waals surface area contributed by atoms with Crippen molar-refractivity contribution in [3.05, 3.63) is 92.4 Å². The molecule has 0 aliphatic carbocycles. The predicted molar refractivity (Wildman–Crippen MR) is 167 cm³/mol. The minimum absolute atomic E-state index is 0. The van der Waals surface area contributed by atoms with Gasteiger partial charge in [0.05, 0.1) is 18.8 Å². The zero-order valence-corrected chi connectivity index (χ0v) is 26.2. The van der Waals surface area contributed by atoms with E-state index < -0.39 is 12.1 Å². The molecule has 1 aliphatic heterocycles. The second kappa shape index (κ2) is 15.5. The van der Waals surface area contributed by atoms with Crippen LogP contribution in [0.25, 0.3) is 0 Å². The topological polar surface area (TPSA) is 90.9 Å². The molecule has 3 aromatic carbocycles. The molecular formula is C30H34Br2ClN3O4. The summed E-state index contributed by atoms with van der Waals surface area (Å²) in [5.41, 5.74) is 3.09. The van der Waals surface area contributed by atoms with Crippen LogP contribution in [0, 0.1) is 0 Å². The van der Waals surface area contributed by atoms with E-state index in [0.29, 0.717) is 49.5 Å². The molecule has 0 spiro atoms. The SMILES string of the molecule is CCOc1cc(C(=O)N[C@@H](Cc2ccccc2)[C@H](O)CNCc2cc(Br)cc(Br)c2)cc(N2CCCC2=O)c1.Cl. The molecule has 3 aromatic rings. The number of hydrogen-bond acceptors (Lipinski definition) is 5. The van der Waals surface area contributed by atoms with Gasteiger partial charge in [-0.2, -0.15) is 0 Å². The second-order valence-electron chi connectivity index (χ2n) is 9.54. The van der Waals surface area contributed by atoms with Crippen LogP contribution in [0.4, 0.5) is 5.69 Å². The molecule has 1 aliphatic rings. The summed E-state index contributed by atoms with van der Waals surface area (Å²) in [5.74, 6) is 0.234. The van der Waals surface area contributed by atoms with Crippen LogP contribution in [-0.4, -0.2) is 48.8 Å². The molecular weight excluding hydrogens is 662 g/mol. The molecule has 2 amide bonds. The van der Waals surface area contributed by atoms with Gasteiger partial charge >= 0.3 is 0 Å². The Labute approximate surface area is 258 Å². The number of benzene rings is 3. The van der Waals surface area contributed by atoms with Gasteiger partial charge in [0.1, 0.15) is 5.75 Å². The van der Waals surface area contributed by atoms with E-state index in [9.17, 15) is 14.7 Å². The minimum Gasteiger partial charge on any atom is -0.494 e. The summed E-state index contributed by atoms with van der Waals surface area (Å²) in [7, 11) is 0. The lowest BCUT2D eigenvalue weighted by molar-refractivity contribution is -0.117. The van der Waals surface area contributed by atoms with Crippen molar-refractivity contribution >= 4 is 61.8 Å². The monoisotopic (exact) mass is 693 g/mol. The maximum atomic E-state index is 13.5. The van der Waals surface area contributed by atoms with Gasteiger partial charge in [-0.15, -0.1) is 12.4 Å². The maximum absolute atomic E-state index is 13.5. The number of carbonyl (C=O) groups is 2. The van der Waals surface area contributed by atoms with E-state index in [1.807, 2.05) is 55.5 Å². The normalized spacial score (nSPS) is 14.4. The molecule has 4 rings (SSSR count). The molecule has 40 heavy (non-hydrogen) atoms. The lowest BCUT2D eigenvalue weighted by Gasteiger charge is -2.25. The largest absolute Gasteiger partial charge is 0.494 e. The standard InChI is InChI=1S/C30H33Br2N3O4.ClH/c1-2-39-26-15-22(14-25(17-26)35-10-6-9-29(35)37)30(38)34-27(13-20-7-4-3-5-8-20)28(36)19-33-18-21-11-23(31)16-24(32)12-21;/h3-5,7-8,11-12,14-17,27-28,33,36H,2,6,9-10,13,18-19H2,1H3,(H,34,38);1H/t27-,28+;/m0./s1. The fourth-order valence-corrected chi connectivity index (χ4v) is 6.05. The van der Waals surface area contributed by atoms with Crippen molar-refractivity contribution < 1.29 is 19.4 Å². The smallest absolute Gasteiger partial charge is 0.251 e. The summed E-state index contributed by atoms with van der Waals surface area (Å²) in [5, 5.41) is 17.5. The van der Waals surface area contributed by atoms with Gasteiger partial charge in [-0.3, -0.25) is 9.59 Å². The van der Waals surface area contributed by atoms with Gasteiger partial charge in [0, 0.05) is 52.3 Å². The van der Waals surface area contributed by atoms with Crippen LogP contribution in [0.3, 0.4) is 0 Å². The van der Waals surface area contributed by atoms with Crippen molar-refractivity contribution in [2.45, 2.75) is 44.9 Å². The number of hydrogen-bond donors (Lipinski definition) is 3. The first-order valence-corrected chi connectivity index (χ1v) is 14.7. The third-order valence-corrected chi connectivity index (χ3v) is 7.45. The molecule has 3 N–H and O–H groups in total. The number of aliphatic hydroxyl groups is 1. The summed E-state index contributed by atoms with van der Waals surface area (Å²) in [6.45, 7) is 3.78. The minimum atomic E-state index is -0.848. The number of aliphatic hydroxyl groups excluding tert-OH is 1. The van der Waals surface area contributed by atoms with Crippen molar-refractivity contribution in [1.29, 1.82) is 0 Å². The number of ether oxygens (including phenoxy) is 1. The number of carbonyl (C=O) groups excluding carboxylic acids is 2. The number of amides is 2. The quantitative estimate of drug-likeness (QED) is 0.228. The van der Waals surface area contributed by atoms with Crippen molar-refractivity contribution in [1.82, 2.24) is 10.6 Å². The molecule has 2 atom stereocenters. The Bertz CT molecular complexity index is 1270. The molecule has 1 saturated heterocycles. The molecule has 214 valence electrons. The summed E-state index contributed by atoms with van der Waals surface area (Å²) < 4.78 is 7.64. The van der Waals surface area contributed by atoms with Gasteiger partial charge in [-0.25, -0.2) is 0 Å². The van der Waals surface area contributed by atoms with Crippen LogP contribution in [0.2, 0.25) is 0 Å². The predicted octanol–water partition coefficient (Wildman–Crippen LogP) is 5.65. The molecule has 1 heterocycles. The molecule has 0 saturated carbocycles. The fourth-order valence-electron chi connectivity index (χ4n) is 4.66. The molecule has 7 nitrogen and oxygen atoms in total. The van der Waals surface area contributed by atoms with E-state index in [4.69, 9.17) is 4.74 Å². The van der Waals surface area contributed by atoms with Crippen LogP contribution in [0.1, 0.15) is 41.3 Å². The van der Waals surface area contributed by atoms with Crippen LogP contribution < -0.4 is 20.3 Å². The zero-order chi connectivity index (χ0) is 27.8. The Morgan fingerprint density at radius 1 is 1.05 bits per heavy atom. The Morgan fingerprint density at radius 3 is 2.42 bits per heavy atom. The average molecular weight is 696 g/mol. The van der Waals surface area contributed by atoms with Gasteiger partial charge < -0.3 is 25.4 Å². The number of anilines is 1. The van der Waals surface area contributed by atoms with Gasteiger partial charge in [0.25, 0.3) is 5.91 Å². The van der Waals surface area contributed by atoms with Crippen LogP contribution in [0.15, 0.2) is 75.7 Å². The Hall–Kier alpha value is -2.43. The summed E-state index contributed by atoms with van der Waals surface area (Å²) >= 11 is 7.01. The lowest BCUT2D eigenvalue weighted by atomic mass is 10.00. The highest BCUT2D eigenvalue weighted by molar-refractivity contribution is 9.11. The Morgan fingerprint density at radius 2 is 1.77 bits per heavy atom. The van der Waals surface area contributed by atoms with Gasteiger partial charge in [0.2, 0.25) is 5.91 Å². The van der Waals surface area contributed by atoms with Crippen LogP contribution in [0.5, 0.6) is 5.75 Å². The van der Waals surface area contributed by atoms with Crippen molar-refractivity contribution in [3.63, 3.8) is 0 Å². The van der Waals surface area contributed by atoms with Crippen molar-refractivity contribution in [2.75, 3.05) is 24.6 Å². The van der Waals surface area contributed by atoms with Gasteiger partial charge in [0.15, 0.2) is 0 Å². The highest BCUT2D eigenvalue weighted by atomic mass is 79.9. The third kappa shape index (κ3) is 9.04.